The predicted molar refractivity (Wildman–Crippen MR) is 37.7 cm³/mol. The second kappa shape index (κ2) is 1.92. The maximum atomic E-state index is 13.6. The van der Waals surface area contributed by atoms with Crippen LogP contribution in [-0.2, 0) is 0 Å². The van der Waals surface area contributed by atoms with Crippen LogP contribution in [0.25, 0.3) is 0 Å². The molecule has 0 aromatic rings. The van der Waals surface area contributed by atoms with Gasteiger partial charge in [-0.15, -0.1) is 0 Å². The lowest BCUT2D eigenvalue weighted by Gasteiger charge is -2.15. The molecule has 10 heavy (non-hydrogen) atoms. The summed E-state index contributed by atoms with van der Waals surface area (Å²) in [6.45, 7) is 2.96. The van der Waals surface area contributed by atoms with Crippen LogP contribution in [0, 0.1) is 5.92 Å². The third-order valence-electron chi connectivity index (χ3n) is 2.61. The number of hydrogen-bond donors (Lipinski definition) is 1. The van der Waals surface area contributed by atoms with Crippen LogP contribution in [0.5, 0.6) is 0 Å². The zero-order chi connectivity index (χ0) is 7.19. The maximum Gasteiger partial charge on any atom is 0.141 e. The standard InChI is InChI=1S/C7H13FN2/c1-10-3-6-2-9-4-7(6,8)5-10/h6,9H,2-5H2,1H3/t6?,7-/m0/s1. The van der Waals surface area contributed by atoms with E-state index in [9.17, 15) is 4.39 Å². The smallest absolute Gasteiger partial charge is 0.141 e. The van der Waals surface area contributed by atoms with Crippen LogP contribution in [0.3, 0.4) is 0 Å². The molecule has 0 bridgehead atoms. The van der Waals surface area contributed by atoms with E-state index in [4.69, 9.17) is 0 Å². The molecule has 2 rings (SSSR count). The number of nitrogens with zero attached hydrogens (tertiary/aromatic N) is 1. The maximum absolute atomic E-state index is 13.6. The van der Waals surface area contributed by atoms with Crippen LogP contribution in [0.15, 0.2) is 0 Å². The van der Waals surface area contributed by atoms with Crippen molar-refractivity contribution in [3.05, 3.63) is 0 Å². The van der Waals surface area contributed by atoms with Gasteiger partial charge in [-0.2, -0.15) is 0 Å². The molecule has 0 radical (unpaired) electrons. The van der Waals surface area contributed by atoms with E-state index < -0.39 is 5.67 Å². The topological polar surface area (TPSA) is 15.3 Å². The predicted octanol–water partition coefficient (Wildman–Crippen LogP) is -0.141. The van der Waals surface area contributed by atoms with E-state index in [0.717, 1.165) is 13.1 Å². The van der Waals surface area contributed by atoms with Crippen molar-refractivity contribution in [2.24, 2.45) is 5.92 Å². The fourth-order valence-corrected chi connectivity index (χ4v) is 2.08. The van der Waals surface area contributed by atoms with Gasteiger partial charge in [-0.3, -0.25) is 0 Å². The fraction of sp³-hybridized carbons (Fsp3) is 1.00. The number of likely N-dealkylation sites (tertiary alicyclic amines) is 1. The lowest BCUT2D eigenvalue weighted by atomic mass is 9.97. The first-order chi connectivity index (χ1) is 4.71. The Kier molecular flexibility index (Phi) is 1.26. The Balaban J connectivity index is 2.15. The molecule has 0 aromatic carbocycles. The van der Waals surface area contributed by atoms with Crippen molar-refractivity contribution in [1.29, 1.82) is 0 Å². The highest BCUT2D eigenvalue weighted by Gasteiger charge is 2.49. The van der Waals surface area contributed by atoms with Crippen molar-refractivity contribution in [1.82, 2.24) is 10.2 Å². The number of alkyl halides is 1. The molecular formula is C7H13FN2. The molecule has 0 amide bonds. The molecule has 2 fully saturated rings. The van der Waals surface area contributed by atoms with Gasteiger partial charge in [0.2, 0.25) is 0 Å². The van der Waals surface area contributed by atoms with Crippen LogP contribution in [0.2, 0.25) is 0 Å². The fourth-order valence-electron chi connectivity index (χ4n) is 2.08. The number of rotatable bonds is 0. The first-order valence-electron chi connectivity index (χ1n) is 3.79. The van der Waals surface area contributed by atoms with Crippen LogP contribution in [-0.4, -0.2) is 43.8 Å². The van der Waals surface area contributed by atoms with Gasteiger partial charge < -0.3 is 10.2 Å². The third kappa shape index (κ3) is 0.772. The van der Waals surface area contributed by atoms with Gasteiger partial charge in [-0.05, 0) is 7.05 Å². The molecule has 0 spiro atoms. The molecule has 0 aromatic heterocycles. The normalized spacial score (nSPS) is 48.0. The first-order valence-corrected chi connectivity index (χ1v) is 3.79. The average Bonchev–Trinajstić information content (AvgIpc) is 2.20. The zero-order valence-electron chi connectivity index (χ0n) is 6.23. The number of nitrogens with one attached hydrogen (secondary N) is 1. The van der Waals surface area contributed by atoms with Crippen molar-refractivity contribution >= 4 is 0 Å². The largest absolute Gasteiger partial charge is 0.313 e. The van der Waals surface area contributed by atoms with Crippen LogP contribution in [0.4, 0.5) is 4.39 Å². The van der Waals surface area contributed by atoms with Crippen molar-refractivity contribution < 1.29 is 4.39 Å². The Morgan fingerprint density at radius 3 is 3.20 bits per heavy atom. The molecule has 3 heteroatoms. The Morgan fingerprint density at radius 1 is 1.70 bits per heavy atom. The molecule has 2 nitrogen and oxygen atoms in total. The van der Waals surface area contributed by atoms with Gasteiger partial charge in [-0.1, -0.05) is 0 Å². The van der Waals surface area contributed by atoms with E-state index in [1.807, 2.05) is 7.05 Å². The minimum Gasteiger partial charge on any atom is -0.313 e. The summed E-state index contributed by atoms with van der Waals surface area (Å²) in [5.41, 5.74) is -0.908. The molecule has 2 aliphatic heterocycles. The Labute approximate surface area is 60.4 Å². The molecular weight excluding hydrogens is 131 g/mol. The van der Waals surface area contributed by atoms with E-state index in [0.29, 0.717) is 13.1 Å². The van der Waals surface area contributed by atoms with E-state index in [-0.39, 0.29) is 5.92 Å². The van der Waals surface area contributed by atoms with E-state index in [1.54, 1.807) is 0 Å². The average molecular weight is 144 g/mol. The zero-order valence-corrected chi connectivity index (χ0v) is 6.23. The molecule has 1 N–H and O–H groups in total. The molecule has 2 atom stereocenters. The van der Waals surface area contributed by atoms with Crippen molar-refractivity contribution in [3.8, 4) is 0 Å². The number of fused-ring (bicyclic) bond motifs is 1. The highest BCUT2D eigenvalue weighted by molar-refractivity contribution is 5.03. The van der Waals surface area contributed by atoms with Crippen LogP contribution in [0.1, 0.15) is 0 Å². The van der Waals surface area contributed by atoms with Gasteiger partial charge in [0.05, 0.1) is 0 Å². The second-order valence-corrected chi connectivity index (χ2v) is 3.56. The molecule has 2 aliphatic rings. The highest BCUT2D eigenvalue weighted by atomic mass is 19.1. The van der Waals surface area contributed by atoms with Gasteiger partial charge in [0.15, 0.2) is 0 Å². The van der Waals surface area contributed by atoms with Gasteiger partial charge in [0.1, 0.15) is 5.67 Å². The van der Waals surface area contributed by atoms with Gasteiger partial charge >= 0.3 is 0 Å². The van der Waals surface area contributed by atoms with Crippen molar-refractivity contribution in [2.45, 2.75) is 5.67 Å². The van der Waals surface area contributed by atoms with E-state index in [2.05, 4.69) is 10.2 Å². The molecule has 58 valence electrons. The summed E-state index contributed by atoms with van der Waals surface area (Å²) < 4.78 is 13.6. The highest BCUT2D eigenvalue weighted by Crippen LogP contribution is 2.33. The Bertz CT molecular complexity index is 151. The van der Waals surface area contributed by atoms with Crippen LogP contribution >= 0.6 is 0 Å². The van der Waals surface area contributed by atoms with E-state index in [1.165, 1.54) is 0 Å². The number of hydrogen-bond acceptors (Lipinski definition) is 2. The van der Waals surface area contributed by atoms with Gasteiger partial charge in [0.25, 0.3) is 0 Å². The van der Waals surface area contributed by atoms with Crippen molar-refractivity contribution in [2.75, 3.05) is 33.2 Å². The summed E-state index contributed by atoms with van der Waals surface area (Å²) in [7, 11) is 1.99. The van der Waals surface area contributed by atoms with Gasteiger partial charge in [0, 0.05) is 32.1 Å². The first kappa shape index (κ1) is 6.55. The Hall–Kier alpha value is -0.150. The lowest BCUT2D eigenvalue weighted by molar-refractivity contribution is 0.167. The lowest BCUT2D eigenvalue weighted by Crippen LogP contribution is -2.33. The minimum atomic E-state index is -0.908. The quantitative estimate of drug-likeness (QED) is 0.509. The van der Waals surface area contributed by atoms with Crippen molar-refractivity contribution in [3.63, 3.8) is 0 Å². The summed E-state index contributed by atoms with van der Waals surface area (Å²) >= 11 is 0. The third-order valence-corrected chi connectivity index (χ3v) is 2.61. The van der Waals surface area contributed by atoms with Crippen LogP contribution < -0.4 is 5.32 Å². The molecule has 0 saturated carbocycles. The molecule has 0 aliphatic carbocycles. The Morgan fingerprint density at radius 2 is 2.50 bits per heavy atom. The summed E-state index contributed by atoms with van der Waals surface area (Å²) in [5.74, 6) is 0.248. The van der Waals surface area contributed by atoms with E-state index >= 15 is 0 Å². The summed E-state index contributed by atoms with van der Waals surface area (Å²) in [5, 5.41) is 3.08. The summed E-state index contributed by atoms with van der Waals surface area (Å²) in [4.78, 5) is 2.07. The minimum absolute atomic E-state index is 0.248. The molecule has 1 unspecified atom stereocenters. The second-order valence-electron chi connectivity index (χ2n) is 3.56. The SMILES string of the molecule is CN1CC2CNC[C@]2(F)C1. The van der Waals surface area contributed by atoms with Gasteiger partial charge in [-0.25, -0.2) is 4.39 Å². The molecule has 2 heterocycles. The summed E-state index contributed by atoms with van der Waals surface area (Å²) in [6.07, 6.45) is 0. The molecule has 2 saturated heterocycles. The monoisotopic (exact) mass is 144 g/mol. The number of halogens is 1. The summed E-state index contributed by atoms with van der Waals surface area (Å²) in [6, 6.07) is 0.